The molecule has 2 heterocycles. The molecule has 2 saturated heterocycles. The molecule has 2 aliphatic rings. The van der Waals surface area contributed by atoms with Crippen LogP contribution >= 0.6 is 0 Å². The van der Waals surface area contributed by atoms with Crippen LogP contribution in [0.25, 0.3) is 0 Å². The maximum atomic E-state index is 12.2. The molecular formula is C18H20N2O6. The smallest absolute Gasteiger partial charge is 0.311 e. The fraction of sp³-hybridized carbons (Fsp3) is 0.444. The van der Waals surface area contributed by atoms with E-state index < -0.39 is 23.8 Å². The van der Waals surface area contributed by atoms with Crippen molar-refractivity contribution in [3.05, 3.63) is 24.3 Å². The minimum Gasteiger partial charge on any atom is -0.469 e. The van der Waals surface area contributed by atoms with E-state index in [-0.39, 0.29) is 37.7 Å². The quantitative estimate of drug-likeness (QED) is 0.735. The Bertz CT molecular complexity index is 682. The van der Waals surface area contributed by atoms with Crippen molar-refractivity contribution >= 4 is 35.1 Å². The second-order valence-electron chi connectivity index (χ2n) is 6.37. The molecule has 1 aromatic carbocycles. The maximum Gasteiger partial charge on any atom is 0.311 e. The van der Waals surface area contributed by atoms with Crippen LogP contribution in [-0.4, -0.2) is 51.1 Å². The van der Waals surface area contributed by atoms with Gasteiger partial charge in [-0.15, -0.1) is 0 Å². The van der Waals surface area contributed by atoms with Gasteiger partial charge in [0.05, 0.1) is 26.1 Å². The van der Waals surface area contributed by atoms with Crippen LogP contribution in [0.4, 0.5) is 11.4 Å². The summed E-state index contributed by atoms with van der Waals surface area (Å²) < 4.78 is 9.41. The highest BCUT2D eigenvalue weighted by molar-refractivity contribution is 6.01. The first-order valence-corrected chi connectivity index (χ1v) is 8.31. The summed E-state index contributed by atoms with van der Waals surface area (Å²) >= 11 is 0. The highest BCUT2D eigenvalue weighted by Crippen LogP contribution is 2.30. The SMILES string of the molecule is COC(=O)[C@@H]1CC(=O)N(c2ccc(N3C[C@@H](C(=O)OC)CC3=O)cc2)C1. The Kier molecular flexibility index (Phi) is 4.92. The molecule has 0 aromatic heterocycles. The molecule has 2 aliphatic heterocycles. The van der Waals surface area contributed by atoms with Crippen LogP contribution in [0, 0.1) is 11.8 Å². The van der Waals surface area contributed by atoms with Crippen LogP contribution < -0.4 is 9.80 Å². The van der Waals surface area contributed by atoms with Gasteiger partial charge in [-0.2, -0.15) is 0 Å². The average molecular weight is 360 g/mol. The summed E-state index contributed by atoms with van der Waals surface area (Å²) in [7, 11) is 2.61. The summed E-state index contributed by atoms with van der Waals surface area (Å²) in [4.78, 5) is 50.6. The number of methoxy groups -OCH3 is 2. The average Bonchev–Trinajstić information content (AvgIpc) is 3.23. The van der Waals surface area contributed by atoms with Gasteiger partial charge < -0.3 is 19.3 Å². The van der Waals surface area contributed by atoms with Gasteiger partial charge in [-0.3, -0.25) is 19.2 Å². The van der Waals surface area contributed by atoms with E-state index in [9.17, 15) is 19.2 Å². The Labute approximate surface area is 150 Å². The van der Waals surface area contributed by atoms with E-state index >= 15 is 0 Å². The second-order valence-corrected chi connectivity index (χ2v) is 6.37. The van der Waals surface area contributed by atoms with Gasteiger partial charge >= 0.3 is 11.9 Å². The molecule has 26 heavy (non-hydrogen) atoms. The number of hydrogen-bond donors (Lipinski definition) is 0. The molecule has 0 aliphatic carbocycles. The second kappa shape index (κ2) is 7.15. The molecule has 0 saturated carbocycles. The van der Waals surface area contributed by atoms with Crippen LogP contribution in [0.2, 0.25) is 0 Å². The molecule has 0 radical (unpaired) electrons. The Morgan fingerprint density at radius 1 is 0.808 bits per heavy atom. The van der Waals surface area contributed by atoms with Crippen molar-refractivity contribution in [1.82, 2.24) is 0 Å². The number of benzene rings is 1. The van der Waals surface area contributed by atoms with Crippen LogP contribution in [0.15, 0.2) is 24.3 Å². The van der Waals surface area contributed by atoms with Gasteiger partial charge in [0.25, 0.3) is 0 Å². The first kappa shape index (κ1) is 17.9. The van der Waals surface area contributed by atoms with E-state index in [0.29, 0.717) is 11.4 Å². The van der Waals surface area contributed by atoms with Gasteiger partial charge in [0.15, 0.2) is 0 Å². The van der Waals surface area contributed by atoms with Crippen molar-refractivity contribution in [1.29, 1.82) is 0 Å². The summed E-state index contributed by atoms with van der Waals surface area (Å²) in [5.41, 5.74) is 1.31. The van der Waals surface area contributed by atoms with E-state index in [1.54, 1.807) is 24.3 Å². The van der Waals surface area contributed by atoms with E-state index in [1.165, 1.54) is 24.0 Å². The van der Waals surface area contributed by atoms with Crippen molar-refractivity contribution in [2.75, 3.05) is 37.1 Å². The zero-order valence-corrected chi connectivity index (χ0v) is 14.6. The molecule has 0 spiro atoms. The molecule has 8 nitrogen and oxygen atoms in total. The lowest BCUT2D eigenvalue weighted by atomic mass is 10.1. The normalized spacial score (nSPS) is 22.7. The van der Waals surface area contributed by atoms with Crippen molar-refractivity contribution in [2.45, 2.75) is 12.8 Å². The van der Waals surface area contributed by atoms with Crippen LogP contribution in [0.3, 0.4) is 0 Å². The lowest BCUT2D eigenvalue weighted by molar-refractivity contribution is -0.145. The minimum absolute atomic E-state index is 0.125. The number of amides is 2. The van der Waals surface area contributed by atoms with Crippen LogP contribution in [0.1, 0.15) is 12.8 Å². The Balaban J connectivity index is 1.71. The molecule has 2 fully saturated rings. The van der Waals surface area contributed by atoms with Gasteiger partial charge in [-0.1, -0.05) is 0 Å². The minimum atomic E-state index is -0.465. The Morgan fingerprint density at radius 3 is 1.46 bits per heavy atom. The predicted octanol–water partition coefficient (Wildman–Crippen LogP) is 0.738. The summed E-state index contributed by atoms with van der Waals surface area (Å²) in [6.45, 7) is 0.551. The van der Waals surface area contributed by atoms with Gasteiger partial charge in [-0.25, -0.2) is 0 Å². The van der Waals surface area contributed by atoms with Crippen LogP contribution in [-0.2, 0) is 28.7 Å². The molecule has 2 amide bonds. The zero-order chi connectivity index (χ0) is 18.8. The van der Waals surface area contributed by atoms with Crippen molar-refractivity contribution in [2.24, 2.45) is 11.8 Å². The fourth-order valence-electron chi connectivity index (χ4n) is 3.38. The standard InChI is InChI=1S/C18H20N2O6/c1-25-17(23)11-7-15(21)19(9-11)13-3-5-14(6-4-13)20-10-12(8-16(20)22)18(24)26-2/h3-6,11-12H,7-10H2,1-2H3/t11-,12+. The number of anilines is 2. The zero-order valence-electron chi connectivity index (χ0n) is 14.6. The molecule has 0 N–H and O–H groups in total. The maximum absolute atomic E-state index is 12.2. The molecule has 1 aromatic rings. The number of carbonyl (C=O) groups is 4. The lowest BCUT2D eigenvalue weighted by Crippen LogP contribution is -2.27. The van der Waals surface area contributed by atoms with Crippen molar-refractivity contribution in [3.63, 3.8) is 0 Å². The number of carbonyl (C=O) groups excluding carboxylic acids is 4. The van der Waals surface area contributed by atoms with Crippen molar-refractivity contribution in [3.8, 4) is 0 Å². The molecule has 138 valence electrons. The molecular weight excluding hydrogens is 340 g/mol. The van der Waals surface area contributed by atoms with Crippen molar-refractivity contribution < 1.29 is 28.7 Å². The fourth-order valence-corrected chi connectivity index (χ4v) is 3.38. The van der Waals surface area contributed by atoms with E-state index in [4.69, 9.17) is 9.47 Å². The van der Waals surface area contributed by atoms with Gasteiger partial charge in [-0.05, 0) is 24.3 Å². The number of hydrogen-bond acceptors (Lipinski definition) is 6. The third-order valence-electron chi connectivity index (χ3n) is 4.79. The Morgan fingerprint density at radius 2 is 1.15 bits per heavy atom. The first-order valence-electron chi connectivity index (χ1n) is 8.31. The van der Waals surface area contributed by atoms with Gasteiger partial charge in [0, 0.05) is 37.3 Å². The Hall–Kier alpha value is -2.90. The lowest BCUT2D eigenvalue weighted by Gasteiger charge is -2.20. The number of esters is 2. The van der Waals surface area contributed by atoms with E-state index in [2.05, 4.69) is 0 Å². The third-order valence-corrected chi connectivity index (χ3v) is 4.79. The number of ether oxygens (including phenoxy) is 2. The molecule has 0 unspecified atom stereocenters. The summed E-state index contributed by atoms with van der Waals surface area (Å²) in [5.74, 6) is -2.00. The van der Waals surface area contributed by atoms with Crippen LogP contribution in [0.5, 0.6) is 0 Å². The topological polar surface area (TPSA) is 93.2 Å². The number of nitrogens with zero attached hydrogens (tertiary/aromatic N) is 2. The third kappa shape index (κ3) is 3.26. The predicted molar refractivity (Wildman–Crippen MR) is 91.4 cm³/mol. The molecule has 2 atom stereocenters. The highest BCUT2D eigenvalue weighted by atomic mass is 16.5. The van der Waals surface area contributed by atoms with E-state index in [1.807, 2.05) is 0 Å². The first-order chi connectivity index (χ1) is 12.4. The monoisotopic (exact) mass is 360 g/mol. The summed E-state index contributed by atoms with van der Waals surface area (Å²) in [6.07, 6.45) is 0.250. The van der Waals surface area contributed by atoms with E-state index in [0.717, 1.165) is 0 Å². The summed E-state index contributed by atoms with van der Waals surface area (Å²) in [6, 6.07) is 6.91. The highest BCUT2D eigenvalue weighted by Gasteiger charge is 2.37. The largest absolute Gasteiger partial charge is 0.469 e. The number of rotatable bonds is 4. The molecule has 8 heteroatoms. The molecule has 3 rings (SSSR count). The molecule has 0 bridgehead atoms. The van der Waals surface area contributed by atoms with Gasteiger partial charge in [0.2, 0.25) is 11.8 Å². The summed E-state index contributed by atoms with van der Waals surface area (Å²) in [5, 5.41) is 0. The van der Waals surface area contributed by atoms with Gasteiger partial charge in [0.1, 0.15) is 0 Å².